The van der Waals surface area contributed by atoms with Crippen molar-refractivity contribution >= 4 is 17.4 Å². The molecule has 4 heteroatoms. The Morgan fingerprint density at radius 2 is 2.23 bits per heavy atom. The van der Waals surface area contributed by atoms with Crippen molar-refractivity contribution in [2.75, 3.05) is 11.9 Å². The van der Waals surface area contributed by atoms with Gasteiger partial charge >= 0.3 is 0 Å². The highest BCUT2D eigenvalue weighted by Crippen LogP contribution is 2.08. The van der Waals surface area contributed by atoms with Crippen molar-refractivity contribution in [3.8, 4) is 0 Å². The predicted molar refractivity (Wildman–Crippen MR) is 55.0 cm³/mol. The van der Waals surface area contributed by atoms with Gasteiger partial charge in [0.2, 0.25) is 0 Å². The van der Waals surface area contributed by atoms with Gasteiger partial charge in [0.1, 0.15) is 5.82 Å². The van der Waals surface area contributed by atoms with Gasteiger partial charge in [-0.1, -0.05) is 18.2 Å². The molecule has 0 atom stereocenters. The summed E-state index contributed by atoms with van der Waals surface area (Å²) in [6, 6.07) is 1.93. The topological polar surface area (TPSA) is 37.8 Å². The Morgan fingerprint density at radius 3 is 2.77 bits per heavy atom. The van der Waals surface area contributed by atoms with Gasteiger partial charge in [0, 0.05) is 5.03 Å². The number of rotatable bonds is 3. The van der Waals surface area contributed by atoms with Crippen LogP contribution < -0.4 is 5.32 Å². The predicted octanol–water partition coefficient (Wildman–Crippen LogP) is 2.26. The molecule has 0 fully saturated rings. The molecule has 1 rings (SSSR count). The van der Waals surface area contributed by atoms with Crippen LogP contribution in [0, 0.1) is 13.8 Å². The summed E-state index contributed by atoms with van der Waals surface area (Å²) < 4.78 is 0. The minimum Gasteiger partial charge on any atom is -0.364 e. The van der Waals surface area contributed by atoms with E-state index < -0.39 is 0 Å². The smallest absolute Gasteiger partial charge is 0.149 e. The highest BCUT2D eigenvalue weighted by Gasteiger charge is 1.98. The van der Waals surface area contributed by atoms with Crippen LogP contribution >= 0.6 is 11.6 Å². The van der Waals surface area contributed by atoms with Gasteiger partial charge in [-0.3, -0.25) is 0 Å². The maximum atomic E-state index is 5.59. The minimum atomic E-state index is 0.513. The fourth-order valence-electron chi connectivity index (χ4n) is 0.819. The highest BCUT2D eigenvalue weighted by atomic mass is 35.5. The molecule has 0 bridgehead atoms. The molecule has 0 saturated carbocycles. The molecule has 13 heavy (non-hydrogen) atoms. The molecular weight excluding hydrogens is 186 g/mol. The second-order valence-corrected chi connectivity index (χ2v) is 3.40. The first-order chi connectivity index (χ1) is 6.09. The Hall–Kier alpha value is -1.09. The molecule has 0 aromatic carbocycles. The molecule has 0 saturated heterocycles. The van der Waals surface area contributed by atoms with Crippen LogP contribution in [0.5, 0.6) is 0 Å². The number of halogens is 1. The second kappa shape index (κ2) is 4.23. The van der Waals surface area contributed by atoms with Crippen molar-refractivity contribution in [3.05, 3.63) is 28.9 Å². The summed E-state index contributed by atoms with van der Waals surface area (Å²) in [5.41, 5.74) is 2.05. The van der Waals surface area contributed by atoms with E-state index in [1.807, 2.05) is 19.9 Å². The lowest BCUT2D eigenvalue weighted by Crippen LogP contribution is -2.04. The van der Waals surface area contributed by atoms with Crippen molar-refractivity contribution in [2.45, 2.75) is 13.8 Å². The van der Waals surface area contributed by atoms with E-state index in [-0.39, 0.29) is 0 Å². The lowest BCUT2D eigenvalue weighted by atomic mass is 10.2. The Morgan fingerprint density at radius 1 is 1.54 bits per heavy atom. The Kier molecular flexibility index (Phi) is 3.25. The first kappa shape index (κ1) is 9.99. The van der Waals surface area contributed by atoms with Crippen LogP contribution in [-0.2, 0) is 0 Å². The van der Waals surface area contributed by atoms with Gasteiger partial charge in [-0.25, -0.2) is 0 Å². The van der Waals surface area contributed by atoms with E-state index in [0.717, 1.165) is 17.1 Å². The summed E-state index contributed by atoms with van der Waals surface area (Å²) in [5, 5.41) is 11.5. The van der Waals surface area contributed by atoms with Gasteiger partial charge in [0.25, 0.3) is 0 Å². The number of hydrogen-bond acceptors (Lipinski definition) is 3. The van der Waals surface area contributed by atoms with Crippen molar-refractivity contribution in [3.63, 3.8) is 0 Å². The zero-order chi connectivity index (χ0) is 9.84. The van der Waals surface area contributed by atoms with Gasteiger partial charge in [-0.05, 0) is 25.5 Å². The summed E-state index contributed by atoms with van der Waals surface area (Å²) in [4.78, 5) is 0. The number of nitrogens with zero attached hydrogens (tertiary/aromatic N) is 2. The van der Waals surface area contributed by atoms with Crippen LogP contribution in [0.1, 0.15) is 11.3 Å². The van der Waals surface area contributed by atoms with Crippen molar-refractivity contribution < 1.29 is 0 Å². The van der Waals surface area contributed by atoms with E-state index in [4.69, 9.17) is 11.6 Å². The Labute approximate surface area is 82.8 Å². The molecule has 70 valence electrons. The molecule has 1 heterocycles. The van der Waals surface area contributed by atoms with Crippen molar-refractivity contribution in [1.82, 2.24) is 10.2 Å². The van der Waals surface area contributed by atoms with E-state index in [0.29, 0.717) is 11.6 Å². The normalized spacial score (nSPS) is 9.77. The minimum absolute atomic E-state index is 0.513. The first-order valence-electron chi connectivity index (χ1n) is 3.97. The highest BCUT2D eigenvalue weighted by molar-refractivity contribution is 6.29. The fraction of sp³-hybridized carbons (Fsp3) is 0.333. The Bertz CT molecular complexity index is 323. The number of hydrogen-bond donors (Lipinski definition) is 1. The van der Waals surface area contributed by atoms with Crippen LogP contribution in [0.4, 0.5) is 5.82 Å². The van der Waals surface area contributed by atoms with Gasteiger partial charge in [0.15, 0.2) is 0 Å². The molecular formula is C9H12ClN3. The zero-order valence-corrected chi connectivity index (χ0v) is 8.52. The van der Waals surface area contributed by atoms with Gasteiger partial charge in [-0.2, -0.15) is 5.10 Å². The summed E-state index contributed by atoms with van der Waals surface area (Å²) in [6.45, 7) is 7.99. The van der Waals surface area contributed by atoms with E-state index in [1.54, 1.807) is 0 Å². The molecule has 0 amide bonds. The van der Waals surface area contributed by atoms with Gasteiger partial charge in [-0.15, -0.1) is 5.10 Å². The lowest BCUT2D eigenvalue weighted by Gasteiger charge is -2.04. The number of aryl methyl sites for hydroxylation is 2. The molecule has 0 radical (unpaired) electrons. The Balaban J connectivity index is 2.68. The van der Waals surface area contributed by atoms with E-state index in [9.17, 15) is 0 Å². The number of aromatic nitrogens is 2. The number of anilines is 1. The summed E-state index contributed by atoms with van der Waals surface area (Å²) in [6.07, 6.45) is 0. The maximum absolute atomic E-state index is 5.59. The molecule has 0 aliphatic carbocycles. The summed E-state index contributed by atoms with van der Waals surface area (Å²) >= 11 is 5.59. The molecule has 0 spiro atoms. The third-order valence-electron chi connectivity index (χ3n) is 1.69. The van der Waals surface area contributed by atoms with Gasteiger partial charge in [0.05, 0.1) is 12.2 Å². The van der Waals surface area contributed by atoms with Crippen molar-refractivity contribution in [1.29, 1.82) is 0 Å². The largest absolute Gasteiger partial charge is 0.364 e. The molecule has 1 N–H and O–H groups in total. The molecule has 3 nitrogen and oxygen atoms in total. The quantitative estimate of drug-likeness (QED) is 0.808. The number of nitrogens with one attached hydrogen (secondary N) is 1. The van der Waals surface area contributed by atoms with Crippen LogP contribution in [0.3, 0.4) is 0 Å². The van der Waals surface area contributed by atoms with Crippen LogP contribution in [0.15, 0.2) is 17.7 Å². The SMILES string of the molecule is C=C(Cl)CNc1cc(C)c(C)nn1. The van der Waals surface area contributed by atoms with Crippen LogP contribution in [0.2, 0.25) is 0 Å². The molecule has 0 aliphatic rings. The second-order valence-electron chi connectivity index (χ2n) is 2.87. The lowest BCUT2D eigenvalue weighted by molar-refractivity contribution is 0.958. The first-order valence-corrected chi connectivity index (χ1v) is 4.35. The van der Waals surface area contributed by atoms with Crippen molar-refractivity contribution in [2.24, 2.45) is 0 Å². The summed E-state index contributed by atoms with van der Waals surface area (Å²) in [5.74, 6) is 0.727. The van der Waals surface area contributed by atoms with E-state index >= 15 is 0 Å². The zero-order valence-electron chi connectivity index (χ0n) is 7.76. The molecule has 1 aromatic heterocycles. The van der Waals surface area contributed by atoms with Crippen LogP contribution in [0.25, 0.3) is 0 Å². The monoisotopic (exact) mass is 197 g/mol. The molecule has 0 aliphatic heterocycles. The third-order valence-corrected chi connectivity index (χ3v) is 1.83. The molecule has 1 aromatic rings. The van der Waals surface area contributed by atoms with E-state index in [1.165, 1.54) is 0 Å². The fourth-order valence-corrected chi connectivity index (χ4v) is 0.886. The van der Waals surface area contributed by atoms with Crippen LogP contribution in [-0.4, -0.2) is 16.7 Å². The third kappa shape index (κ3) is 3.03. The average Bonchev–Trinajstić information content (AvgIpc) is 2.07. The maximum Gasteiger partial charge on any atom is 0.149 e. The average molecular weight is 198 g/mol. The van der Waals surface area contributed by atoms with Gasteiger partial charge < -0.3 is 5.32 Å². The molecule has 0 unspecified atom stereocenters. The van der Waals surface area contributed by atoms with E-state index in [2.05, 4.69) is 22.1 Å². The summed E-state index contributed by atoms with van der Waals surface area (Å²) in [7, 11) is 0. The standard InChI is InChI=1S/C9H12ClN3/c1-6-4-9(11-5-7(2)10)13-12-8(6)3/h4H,2,5H2,1,3H3,(H,11,13).